The molecule has 0 aromatic heterocycles. The predicted molar refractivity (Wildman–Crippen MR) is 62.3 cm³/mol. The molecule has 0 radical (unpaired) electrons. The first-order valence-electron chi connectivity index (χ1n) is 5.20. The molecular weight excluding hydrogens is 222 g/mol. The summed E-state index contributed by atoms with van der Waals surface area (Å²) in [5, 5.41) is 8.67. The molecule has 0 fully saturated rings. The van der Waals surface area contributed by atoms with Crippen molar-refractivity contribution in [3.8, 4) is 5.75 Å². The lowest BCUT2D eigenvalue weighted by Gasteiger charge is -2.10. The Labute approximate surface area is 99.2 Å². The van der Waals surface area contributed by atoms with Gasteiger partial charge in [0, 0.05) is 5.56 Å². The number of nitrogens with two attached hydrogens (primary N) is 1. The van der Waals surface area contributed by atoms with Crippen molar-refractivity contribution >= 4 is 11.8 Å². The Hall–Kier alpha value is -1.88. The highest BCUT2D eigenvalue weighted by atomic mass is 16.5. The van der Waals surface area contributed by atoms with E-state index in [0.29, 0.717) is 12.2 Å². The van der Waals surface area contributed by atoms with Crippen LogP contribution in [-0.2, 0) is 11.2 Å². The van der Waals surface area contributed by atoms with E-state index in [9.17, 15) is 9.59 Å². The van der Waals surface area contributed by atoms with Crippen LogP contribution < -0.4 is 10.5 Å². The van der Waals surface area contributed by atoms with Crippen molar-refractivity contribution in [1.82, 2.24) is 0 Å². The van der Waals surface area contributed by atoms with E-state index in [2.05, 4.69) is 0 Å². The fraction of sp³-hybridized carbons (Fsp3) is 0.333. The molecule has 1 unspecified atom stereocenters. The molecule has 0 heterocycles. The molecule has 0 aliphatic rings. The molecule has 3 N–H and O–H groups in total. The third-order valence-electron chi connectivity index (χ3n) is 2.49. The van der Waals surface area contributed by atoms with E-state index in [1.165, 1.54) is 6.07 Å². The van der Waals surface area contributed by atoms with Crippen LogP contribution in [0, 0.1) is 0 Å². The highest BCUT2D eigenvalue weighted by Gasteiger charge is 2.23. The zero-order valence-electron chi connectivity index (χ0n) is 9.77. The number of carbonyl (C=O) groups is 2. The minimum atomic E-state index is -1.52. The van der Waals surface area contributed by atoms with Gasteiger partial charge in [0.2, 0.25) is 0 Å². The lowest BCUT2D eigenvalue weighted by Crippen LogP contribution is -2.38. The summed E-state index contributed by atoms with van der Waals surface area (Å²) >= 11 is 0. The monoisotopic (exact) mass is 237 g/mol. The number of ether oxygens (including phenoxy) is 1. The highest BCUT2D eigenvalue weighted by molar-refractivity contribution is 6.11. The average Bonchev–Trinajstić information content (AvgIpc) is 2.35. The van der Waals surface area contributed by atoms with Gasteiger partial charge >= 0.3 is 5.97 Å². The summed E-state index contributed by atoms with van der Waals surface area (Å²) in [6, 6.07) is 3.25. The maximum Gasteiger partial charge on any atom is 0.328 e. The van der Waals surface area contributed by atoms with Gasteiger partial charge in [-0.3, -0.25) is 9.59 Å². The molecule has 0 saturated carbocycles. The van der Waals surface area contributed by atoms with Crippen molar-refractivity contribution in [1.29, 1.82) is 0 Å². The molecule has 1 aromatic carbocycles. The largest absolute Gasteiger partial charge is 0.496 e. The number of carboxylic acids is 1. The van der Waals surface area contributed by atoms with Gasteiger partial charge in [-0.1, -0.05) is 6.92 Å². The topological polar surface area (TPSA) is 89.6 Å². The SMILES string of the molecule is CCc1cc(C(=O)C(N)C(=O)O)ccc1OC. The number of rotatable bonds is 5. The molecule has 0 spiro atoms. The molecular formula is C12H15NO4. The van der Waals surface area contributed by atoms with Crippen LogP contribution in [0.2, 0.25) is 0 Å². The van der Waals surface area contributed by atoms with Crippen LogP contribution in [0.25, 0.3) is 0 Å². The van der Waals surface area contributed by atoms with Gasteiger partial charge in [-0.05, 0) is 30.2 Å². The summed E-state index contributed by atoms with van der Waals surface area (Å²) in [5.74, 6) is -1.26. The third kappa shape index (κ3) is 2.82. The highest BCUT2D eigenvalue weighted by Crippen LogP contribution is 2.20. The van der Waals surface area contributed by atoms with Crippen LogP contribution in [0.15, 0.2) is 18.2 Å². The van der Waals surface area contributed by atoms with Crippen molar-refractivity contribution < 1.29 is 19.4 Å². The van der Waals surface area contributed by atoms with Crippen LogP contribution in [0.5, 0.6) is 5.75 Å². The number of hydrogen-bond acceptors (Lipinski definition) is 4. The normalized spacial score (nSPS) is 11.9. The van der Waals surface area contributed by atoms with E-state index in [1.54, 1.807) is 19.2 Å². The molecule has 0 bridgehead atoms. The Balaban J connectivity index is 3.08. The van der Waals surface area contributed by atoms with Gasteiger partial charge in [-0.15, -0.1) is 0 Å². The van der Waals surface area contributed by atoms with Crippen molar-refractivity contribution in [2.45, 2.75) is 19.4 Å². The van der Waals surface area contributed by atoms with Crippen LogP contribution in [-0.4, -0.2) is 30.0 Å². The van der Waals surface area contributed by atoms with E-state index in [4.69, 9.17) is 15.6 Å². The van der Waals surface area contributed by atoms with E-state index >= 15 is 0 Å². The first-order valence-corrected chi connectivity index (χ1v) is 5.20. The second-order valence-corrected chi connectivity index (χ2v) is 3.56. The zero-order chi connectivity index (χ0) is 13.0. The number of aryl methyl sites for hydroxylation is 1. The summed E-state index contributed by atoms with van der Waals surface area (Å²) < 4.78 is 5.12. The van der Waals surface area contributed by atoms with Gasteiger partial charge in [0.1, 0.15) is 5.75 Å². The number of carbonyl (C=O) groups excluding carboxylic acids is 1. The Morgan fingerprint density at radius 2 is 2.12 bits per heavy atom. The van der Waals surface area contributed by atoms with Gasteiger partial charge < -0.3 is 15.6 Å². The quantitative estimate of drug-likeness (QED) is 0.585. The zero-order valence-corrected chi connectivity index (χ0v) is 9.77. The number of aliphatic carboxylic acids is 1. The molecule has 1 rings (SSSR count). The van der Waals surface area contributed by atoms with Gasteiger partial charge in [0.05, 0.1) is 7.11 Å². The minimum absolute atomic E-state index is 0.289. The minimum Gasteiger partial charge on any atom is -0.496 e. The van der Waals surface area contributed by atoms with Crippen molar-refractivity contribution in [3.05, 3.63) is 29.3 Å². The Bertz CT molecular complexity index is 442. The lowest BCUT2D eigenvalue weighted by atomic mass is 10.0. The standard InChI is InChI=1S/C12H15NO4/c1-3-7-6-8(4-5-9(7)17-2)11(14)10(13)12(15)16/h4-6,10H,3,13H2,1-2H3,(H,15,16). The first kappa shape index (κ1) is 13.2. The molecule has 17 heavy (non-hydrogen) atoms. The maximum absolute atomic E-state index is 11.7. The van der Waals surface area contributed by atoms with E-state index in [1.807, 2.05) is 6.92 Å². The third-order valence-corrected chi connectivity index (χ3v) is 2.49. The van der Waals surface area contributed by atoms with Gasteiger partial charge in [0.25, 0.3) is 0 Å². The predicted octanol–water partition coefficient (Wildman–Crippen LogP) is 0.852. The summed E-state index contributed by atoms with van der Waals surface area (Å²) in [6.07, 6.45) is 0.687. The van der Waals surface area contributed by atoms with Crippen LogP contribution in [0.3, 0.4) is 0 Å². The van der Waals surface area contributed by atoms with Crippen LogP contribution in [0.1, 0.15) is 22.8 Å². The molecule has 5 heteroatoms. The second-order valence-electron chi connectivity index (χ2n) is 3.56. The summed E-state index contributed by atoms with van der Waals surface area (Å²) in [5.41, 5.74) is 6.41. The Morgan fingerprint density at radius 3 is 2.59 bits per heavy atom. The van der Waals surface area contributed by atoms with Crippen molar-refractivity contribution in [3.63, 3.8) is 0 Å². The number of ketones is 1. The van der Waals surface area contributed by atoms with Gasteiger partial charge in [-0.25, -0.2) is 0 Å². The number of carboxylic acid groups (broad SMARTS) is 1. The summed E-state index contributed by atoms with van der Waals surface area (Å²) in [4.78, 5) is 22.3. The molecule has 1 atom stereocenters. The molecule has 0 amide bonds. The maximum atomic E-state index is 11.7. The molecule has 1 aromatic rings. The first-order chi connectivity index (χ1) is 8.01. The van der Waals surface area contributed by atoms with Crippen LogP contribution >= 0.6 is 0 Å². The number of methoxy groups -OCH3 is 1. The fourth-order valence-corrected chi connectivity index (χ4v) is 1.50. The van der Waals surface area contributed by atoms with Gasteiger partial charge in [0.15, 0.2) is 11.8 Å². The lowest BCUT2D eigenvalue weighted by molar-refractivity contribution is -0.137. The average molecular weight is 237 g/mol. The number of hydrogen-bond donors (Lipinski definition) is 2. The van der Waals surface area contributed by atoms with Crippen molar-refractivity contribution in [2.24, 2.45) is 5.73 Å². The summed E-state index contributed by atoms with van der Waals surface area (Å²) in [7, 11) is 1.54. The van der Waals surface area contributed by atoms with Crippen LogP contribution in [0.4, 0.5) is 0 Å². The Morgan fingerprint density at radius 1 is 1.47 bits per heavy atom. The second kappa shape index (κ2) is 5.45. The van der Waals surface area contributed by atoms with E-state index in [-0.39, 0.29) is 5.56 Å². The molecule has 0 aliphatic carbocycles. The van der Waals surface area contributed by atoms with E-state index in [0.717, 1.165) is 5.56 Å². The van der Waals surface area contributed by atoms with E-state index < -0.39 is 17.8 Å². The van der Waals surface area contributed by atoms with Gasteiger partial charge in [-0.2, -0.15) is 0 Å². The molecule has 0 saturated heterocycles. The van der Waals surface area contributed by atoms with Crippen molar-refractivity contribution in [2.75, 3.05) is 7.11 Å². The fourth-order valence-electron chi connectivity index (χ4n) is 1.50. The number of Topliss-reactive ketones (excluding diaryl/α,β-unsaturated/α-hetero) is 1. The number of benzene rings is 1. The summed E-state index contributed by atoms with van der Waals surface area (Å²) in [6.45, 7) is 1.92. The molecule has 5 nitrogen and oxygen atoms in total. The molecule has 92 valence electrons. The Kier molecular flexibility index (Phi) is 4.23. The molecule has 0 aliphatic heterocycles. The smallest absolute Gasteiger partial charge is 0.328 e.